The molecule has 1 aromatic rings. The highest BCUT2D eigenvalue weighted by molar-refractivity contribution is 5.98. The van der Waals surface area contributed by atoms with Gasteiger partial charge in [0.25, 0.3) is 0 Å². The van der Waals surface area contributed by atoms with Gasteiger partial charge in [-0.25, -0.2) is 0 Å². The van der Waals surface area contributed by atoms with Crippen molar-refractivity contribution >= 4 is 11.9 Å². The predicted octanol–water partition coefficient (Wildman–Crippen LogP) is 1.01. The Kier molecular flexibility index (Phi) is 4.12. The molecule has 2 N–H and O–H groups in total. The first kappa shape index (κ1) is 14.2. The maximum absolute atomic E-state index is 11.8. The third-order valence-corrected chi connectivity index (χ3v) is 3.51. The van der Waals surface area contributed by atoms with Gasteiger partial charge in [0, 0.05) is 18.5 Å². The average Bonchev–Trinajstić information content (AvgIpc) is 2.45. The zero-order valence-corrected chi connectivity index (χ0v) is 11.4. The fourth-order valence-electron chi connectivity index (χ4n) is 2.50. The number of carboxylic acid groups (broad SMARTS) is 1. The van der Waals surface area contributed by atoms with Gasteiger partial charge >= 0.3 is 5.97 Å². The van der Waals surface area contributed by atoms with Crippen LogP contribution in [-0.4, -0.2) is 37.7 Å². The highest BCUT2D eigenvalue weighted by atomic mass is 16.5. The van der Waals surface area contributed by atoms with Crippen LogP contribution in [0, 0.1) is 5.92 Å². The van der Waals surface area contributed by atoms with E-state index in [9.17, 15) is 14.7 Å². The van der Waals surface area contributed by atoms with Crippen molar-refractivity contribution in [1.29, 1.82) is 0 Å². The molecule has 6 heteroatoms. The summed E-state index contributed by atoms with van der Waals surface area (Å²) in [5, 5.41) is 11.9. The minimum atomic E-state index is -1.12. The van der Waals surface area contributed by atoms with Gasteiger partial charge in [-0.3, -0.25) is 9.59 Å². The lowest BCUT2D eigenvalue weighted by atomic mass is 9.80. The Hall–Kier alpha value is -2.24. The molecular formula is C14H17NO5. The van der Waals surface area contributed by atoms with Crippen molar-refractivity contribution in [2.24, 2.45) is 5.92 Å². The van der Waals surface area contributed by atoms with Gasteiger partial charge in [0.2, 0.25) is 5.91 Å². The van der Waals surface area contributed by atoms with Gasteiger partial charge in [0.05, 0.1) is 14.2 Å². The van der Waals surface area contributed by atoms with Crippen LogP contribution in [-0.2, 0) is 9.59 Å². The van der Waals surface area contributed by atoms with Crippen molar-refractivity contribution in [3.05, 3.63) is 23.8 Å². The first-order chi connectivity index (χ1) is 9.56. The Morgan fingerprint density at radius 1 is 1.25 bits per heavy atom. The second-order valence-electron chi connectivity index (χ2n) is 4.65. The van der Waals surface area contributed by atoms with Crippen LogP contribution in [0.1, 0.15) is 17.9 Å². The fourth-order valence-corrected chi connectivity index (χ4v) is 2.50. The lowest BCUT2D eigenvalue weighted by Crippen LogP contribution is -2.44. The monoisotopic (exact) mass is 279 g/mol. The Bertz CT molecular complexity index is 506. The Labute approximate surface area is 116 Å². The Morgan fingerprint density at radius 3 is 2.35 bits per heavy atom. The Balaban J connectivity index is 2.42. The fraction of sp³-hybridized carbons (Fsp3) is 0.429. The van der Waals surface area contributed by atoms with Crippen molar-refractivity contribution in [2.75, 3.05) is 20.8 Å². The molecule has 0 saturated carbocycles. The van der Waals surface area contributed by atoms with Gasteiger partial charge in [0.1, 0.15) is 17.4 Å². The van der Waals surface area contributed by atoms with Crippen molar-refractivity contribution in [1.82, 2.24) is 5.32 Å². The van der Waals surface area contributed by atoms with E-state index < -0.39 is 17.8 Å². The zero-order chi connectivity index (χ0) is 14.7. The largest absolute Gasteiger partial charge is 0.497 e. The normalized spacial score (nSPS) is 22.0. The maximum Gasteiger partial charge on any atom is 0.316 e. The summed E-state index contributed by atoms with van der Waals surface area (Å²) in [7, 11) is 3.06. The third kappa shape index (κ3) is 2.68. The summed E-state index contributed by atoms with van der Waals surface area (Å²) >= 11 is 0. The van der Waals surface area contributed by atoms with Crippen LogP contribution in [0.25, 0.3) is 0 Å². The van der Waals surface area contributed by atoms with E-state index in [4.69, 9.17) is 9.47 Å². The molecule has 108 valence electrons. The summed E-state index contributed by atoms with van der Waals surface area (Å²) in [4.78, 5) is 23.1. The van der Waals surface area contributed by atoms with Gasteiger partial charge in [-0.2, -0.15) is 0 Å². The molecule has 2 unspecified atom stereocenters. The molecular weight excluding hydrogens is 262 g/mol. The average molecular weight is 279 g/mol. The predicted molar refractivity (Wildman–Crippen MR) is 71.0 cm³/mol. The van der Waals surface area contributed by atoms with Crippen LogP contribution < -0.4 is 14.8 Å². The minimum absolute atomic E-state index is 0.384. The number of nitrogens with one attached hydrogen (secondary N) is 1. The number of carbonyl (C=O) groups is 2. The molecule has 1 fully saturated rings. The number of aliphatic carboxylic acids is 1. The van der Waals surface area contributed by atoms with E-state index in [0.717, 1.165) is 5.56 Å². The summed E-state index contributed by atoms with van der Waals surface area (Å²) in [6.45, 7) is 0.465. The molecule has 1 heterocycles. The minimum Gasteiger partial charge on any atom is -0.497 e. The molecule has 1 amide bonds. The smallest absolute Gasteiger partial charge is 0.316 e. The second kappa shape index (κ2) is 5.81. The van der Waals surface area contributed by atoms with Gasteiger partial charge in [-0.15, -0.1) is 0 Å². The van der Waals surface area contributed by atoms with Crippen LogP contribution in [0.3, 0.4) is 0 Å². The highest BCUT2D eigenvalue weighted by Gasteiger charge is 2.38. The van der Waals surface area contributed by atoms with Crippen molar-refractivity contribution in [3.8, 4) is 11.5 Å². The van der Waals surface area contributed by atoms with Crippen LogP contribution in [0.4, 0.5) is 0 Å². The number of hydrogen-bond acceptors (Lipinski definition) is 4. The number of benzene rings is 1. The number of piperidine rings is 1. The van der Waals surface area contributed by atoms with E-state index in [1.165, 1.54) is 14.2 Å². The molecule has 2 atom stereocenters. The molecule has 0 aromatic heterocycles. The molecule has 20 heavy (non-hydrogen) atoms. The molecule has 6 nitrogen and oxygen atoms in total. The van der Waals surface area contributed by atoms with Gasteiger partial charge in [-0.1, -0.05) is 0 Å². The first-order valence-corrected chi connectivity index (χ1v) is 6.30. The molecule has 0 radical (unpaired) electrons. The number of amides is 1. The zero-order valence-electron chi connectivity index (χ0n) is 11.4. The summed E-state index contributed by atoms with van der Waals surface area (Å²) in [6.07, 6.45) is 0.568. The number of carbonyl (C=O) groups excluding carboxylic acids is 1. The summed E-state index contributed by atoms with van der Waals surface area (Å²) in [5.74, 6) is -1.88. The quantitative estimate of drug-likeness (QED) is 0.803. The second-order valence-corrected chi connectivity index (χ2v) is 4.65. The van der Waals surface area contributed by atoms with Crippen LogP contribution in [0.2, 0.25) is 0 Å². The number of rotatable bonds is 4. The van der Waals surface area contributed by atoms with E-state index in [1.54, 1.807) is 18.2 Å². The number of carboxylic acids is 1. The van der Waals surface area contributed by atoms with Gasteiger partial charge in [-0.05, 0) is 24.1 Å². The number of methoxy groups -OCH3 is 2. The van der Waals surface area contributed by atoms with Gasteiger partial charge in [0.15, 0.2) is 0 Å². The first-order valence-electron chi connectivity index (χ1n) is 6.30. The van der Waals surface area contributed by atoms with E-state index >= 15 is 0 Å². The molecule has 0 aliphatic carbocycles. The maximum atomic E-state index is 11.8. The standard InChI is InChI=1S/C14H17NO5/c1-19-9-5-8(6-10(7-9)20-2)11-3-4-15-13(16)12(11)14(17)18/h5-7,11-12H,3-4H2,1-2H3,(H,15,16)(H,17,18). The van der Waals surface area contributed by atoms with Crippen molar-refractivity contribution in [2.45, 2.75) is 12.3 Å². The number of ether oxygens (including phenoxy) is 2. The molecule has 0 spiro atoms. The summed E-state index contributed by atoms with van der Waals surface area (Å²) in [5.41, 5.74) is 0.739. The topological polar surface area (TPSA) is 84.9 Å². The molecule has 1 aromatic carbocycles. The van der Waals surface area contributed by atoms with E-state index in [1.807, 2.05) is 0 Å². The number of hydrogen-bond donors (Lipinski definition) is 2. The molecule has 2 rings (SSSR count). The van der Waals surface area contributed by atoms with E-state index in [-0.39, 0.29) is 5.92 Å². The Morgan fingerprint density at radius 2 is 1.85 bits per heavy atom. The van der Waals surface area contributed by atoms with E-state index in [2.05, 4.69) is 5.32 Å². The highest BCUT2D eigenvalue weighted by Crippen LogP contribution is 2.35. The van der Waals surface area contributed by atoms with Crippen molar-refractivity contribution in [3.63, 3.8) is 0 Å². The molecule has 1 aliphatic heterocycles. The molecule has 1 saturated heterocycles. The van der Waals surface area contributed by atoms with Gasteiger partial charge < -0.3 is 19.9 Å². The molecule has 0 bridgehead atoms. The third-order valence-electron chi connectivity index (χ3n) is 3.51. The lowest BCUT2D eigenvalue weighted by molar-refractivity contribution is -0.149. The van der Waals surface area contributed by atoms with E-state index in [0.29, 0.717) is 24.5 Å². The van der Waals surface area contributed by atoms with Crippen LogP contribution in [0.5, 0.6) is 11.5 Å². The SMILES string of the molecule is COc1cc(OC)cc(C2CCNC(=O)C2C(=O)O)c1. The lowest BCUT2D eigenvalue weighted by Gasteiger charge is -2.29. The summed E-state index contributed by atoms with van der Waals surface area (Å²) in [6, 6.07) is 5.21. The summed E-state index contributed by atoms with van der Waals surface area (Å²) < 4.78 is 10.4. The van der Waals surface area contributed by atoms with Crippen LogP contribution >= 0.6 is 0 Å². The molecule has 1 aliphatic rings. The van der Waals surface area contributed by atoms with Crippen LogP contribution in [0.15, 0.2) is 18.2 Å². The van der Waals surface area contributed by atoms with Crippen molar-refractivity contribution < 1.29 is 24.2 Å².